The first kappa shape index (κ1) is 13.8. The SMILES string of the molecule is CC(=N)C(C(O)NF)C(O)NC1=CCCC=C1. The fourth-order valence-corrected chi connectivity index (χ4v) is 1.70. The van der Waals surface area contributed by atoms with Crippen LogP contribution in [-0.2, 0) is 0 Å². The molecule has 0 amide bonds. The van der Waals surface area contributed by atoms with Gasteiger partial charge in [0.2, 0.25) is 0 Å². The lowest BCUT2D eigenvalue weighted by molar-refractivity contribution is -0.0185. The average molecular weight is 243 g/mol. The van der Waals surface area contributed by atoms with Gasteiger partial charge in [0.05, 0.1) is 5.92 Å². The Hall–Kier alpha value is -1.24. The summed E-state index contributed by atoms with van der Waals surface area (Å²) in [7, 11) is 0. The van der Waals surface area contributed by atoms with Crippen molar-refractivity contribution in [3.63, 3.8) is 0 Å². The third-order valence-corrected chi connectivity index (χ3v) is 2.60. The largest absolute Gasteiger partial charge is 0.375 e. The number of hydrogen-bond acceptors (Lipinski definition) is 5. The molecule has 3 unspecified atom stereocenters. The smallest absolute Gasteiger partial charge is 0.144 e. The van der Waals surface area contributed by atoms with Crippen LogP contribution >= 0.6 is 0 Å². The fraction of sp³-hybridized carbons (Fsp3) is 0.545. The fourth-order valence-electron chi connectivity index (χ4n) is 1.70. The van der Waals surface area contributed by atoms with E-state index in [4.69, 9.17) is 5.41 Å². The predicted octanol–water partition coefficient (Wildman–Crippen LogP) is 0.577. The molecule has 5 N–H and O–H groups in total. The van der Waals surface area contributed by atoms with Crippen LogP contribution in [0.4, 0.5) is 4.48 Å². The van der Waals surface area contributed by atoms with Crippen LogP contribution in [0.5, 0.6) is 0 Å². The molecule has 0 aromatic carbocycles. The van der Waals surface area contributed by atoms with E-state index in [1.54, 1.807) is 6.08 Å². The third kappa shape index (κ3) is 3.92. The van der Waals surface area contributed by atoms with E-state index < -0.39 is 18.4 Å². The quantitative estimate of drug-likeness (QED) is 0.268. The molecule has 1 aliphatic rings. The summed E-state index contributed by atoms with van der Waals surface area (Å²) in [4.78, 5) is 0. The van der Waals surface area contributed by atoms with Crippen LogP contribution in [0.2, 0.25) is 0 Å². The third-order valence-electron chi connectivity index (χ3n) is 2.60. The number of nitrogens with one attached hydrogen (secondary N) is 3. The highest BCUT2D eigenvalue weighted by Gasteiger charge is 2.29. The van der Waals surface area contributed by atoms with E-state index in [-0.39, 0.29) is 5.71 Å². The molecule has 1 aliphatic carbocycles. The van der Waals surface area contributed by atoms with Gasteiger partial charge in [0.25, 0.3) is 0 Å². The minimum atomic E-state index is -1.61. The summed E-state index contributed by atoms with van der Waals surface area (Å²) < 4.78 is 12.2. The van der Waals surface area contributed by atoms with Crippen molar-refractivity contribution in [1.29, 1.82) is 5.41 Å². The lowest BCUT2D eigenvalue weighted by Gasteiger charge is -2.27. The Morgan fingerprint density at radius 1 is 1.41 bits per heavy atom. The summed E-state index contributed by atoms with van der Waals surface area (Å²) in [5.74, 6) is -1.05. The van der Waals surface area contributed by atoms with Crippen LogP contribution in [0.25, 0.3) is 0 Å². The van der Waals surface area contributed by atoms with Gasteiger partial charge in [0.15, 0.2) is 0 Å². The maximum atomic E-state index is 12.2. The van der Waals surface area contributed by atoms with Gasteiger partial charge in [0.1, 0.15) is 12.5 Å². The van der Waals surface area contributed by atoms with Crippen molar-refractivity contribution in [2.45, 2.75) is 32.2 Å². The van der Waals surface area contributed by atoms with Crippen molar-refractivity contribution in [1.82, 2.24) is 10.9 Å². The van der Waals surface area contributed by atoms with E-state index in [0.29, 0.717) is 5.70 Å². The number of aliphatic hydroxyl groups is 2. The van der Waals surface area contributed by atoms with Crippen molar-refractivity contribution in [2.75, 3.05) is 0 Å². The summed E-state index contributed by atoms with van der Waals surface area (Å²) in [6.07, 6.45) is 4.63. The lowest BCUT2D eigenvalue weighted by atomic mass is 10.00. The van der Waals surface area contributed by atoms with Crippen molar-refractivity contribution in [3.8, 4) is 0 Å². The van der Waals surface area contributed by atoms with Crippen molar-refractivity contribution in [3.05, 3.63) is 23.9 Å². The summed E-state index contributed by atoms with van der Waals surface area (Å²) in [5.41, 5.74) is 1.84. The van der Waals surface area contributed by atoms with Crippen LogP contribution in [0.1, 0.15) is 19.8 Å². The van der Waals surface area contributed by atoms with Crippen LogP contribution in [0.15, 0.2) is 23.9 Å². The Morgan fingerprint density at radius 3 is 2.59 bits per heavy atom. The Labute approximate surface area is 99.5 Å². The van der Waals surface area contributed by atoms with Crippen LogP contribution < -0.4 is 10.9 Å². The minimum Gasteiger partial charge on any atom is -0.375 e. The van der Waals surface area contributed by atoms with Gasteiger partial charge in [0, 0.05) is 11.4 Å². The van der Waals surface area contributed by atoms with Gasteiger partial charge in [-0.05, 0) is 25.8 Å². The number of aliphatic hydroxyl groups excluding tert-OH is 2. The maximum absolute atomic E-state index is 12.2. The van der Waals surface area contributed by atoms with Crippen LogP contribution in [0, 0.1) is 11.3 Å². The van der Waals surface area contributed by atoms with Crippen molar-refractivity contribution in [2.24, 2.45) is 5.92 Å². The van der Waals surface area contributed by atoms with Crippen molar-refractivity contribution < 1.29 is 14.7 Å². The highest BCUT2D eigenvalue weighted by atomic mass is 19.2. The molecule has 0 aliphatic heterocycles. The first-order chi connectivity index (χ1) is 8.06. The van der Waals surface area contributed by atoms with Gasteiger partial charge in [-0.25, -0.2) is 0 Å². The second-order valence-electron chi connectivity index (χ2n) is 3.99. The number of allylic oxidation sites excluding steroid dienone is 3. The molecular weight excluding hydrogens is 225 g/mol. The molecule has 0 spiro atoms. The zero-order valence-corrected chi connectivity index (χ0v) is 9.65. The molecule has 0 heterocycles. The first-order valence-corrected chi connectivity index (χ1v) is 5.47. The van der Waals surface area contributed by atoms with Gasteiger partial charge in [-0.2, -0.15) is 0 Å². The number of rotatable bonds is 6. The molecule has 3 atom stereocenters. The lowest BCUT2D eigenvalue weighted by Crippen LogP contribution is -2.48. The van der Waals surface area contributed by atoms with Crippen LogP contribution in [-0.4, -0.2) is 28.4 Å². The molecule has 96 valence electrons. The molecule has 17 heavy (non-hydrogen) atoms. The molecular formula is C11H18FN3O2. The Morgan fingerprint density at radius 2 is 2.12 bits per heavy atom. The monoisotopic (exact) mass is 243 g/mol. The van der Waals surface area contributed by atoms with Crippen LogP contribution in [0.3, 0.4) is 0 Å². The average Bonchev–Trinajstić information content (AvgIpc) is 2.29. The zero-order chi connectivity index (χ0) is 12.8. The molecule has 0 radical (unpaired) electrons. The van der Waals surface area contributed by atoms with Gasteiger partial charge in [-0.3, -0.25) is 0 Å². The van der Waals surface area contributed by atoms with E-state index in [9.17, 15) is 14.7 Å². The molecule has 0 saturated carbocycles. The van der Waals surface area contributed by atoms with E-state index >= 15 is 0 Å². The van der Waals surface area contributed by atoms with Gasteiger partial charge in [-0.1, -0.05) is 12.2 Å². The first-order valence-electron chi connectivity index (χ1n) is 5.47. The molecule has 0 saturated heterocycles. The summed E-state index contributed by atoms with van der Waals surface area (Å²) in [5, 5.41) is 29.3. The molecule has 1 rings (SSSR count). The minimum absolute atomic E-state index is 0.0111. The summed E-state index contributed by atoms with van der Waals surface area (Å²) in [6.45, 7) is 1.40. The Balaban J connectivity index is 2.65. The second-order valence-corrected chi connectivity index (χ2v) is 3.99. The highest BCUT2D eigenvalue weighted by Crippen LogP contribution is 2.13. The topological polar surface area (TPSA) is 88.4 Å². The second kappa shape index (κ2) is 6.48. The zero-order valence-electron chi connectivity index (χ0n) is 9.65. The molecule has 0 fully saturated rings. The highest BCUT2D eigenvalue weighted by molar-refractivity contribution is 5.82. The molecule has 6 heteroatoms. The molecule has 0 bridgehead atoms. The Kier molecular flexibility index (Phi) is 5.27. The van der Waals surface area contributed by atoms with Gasteiger partial charge in [-0.15, -0.1) is 10.0 Å². The van der Waals surface area contributed by atoms with E-state index in [1.807, 2.05) is 12.2 Å². The Bertz CT molecular complexity index is 331. The number of hydrogen-bond donors (Lipinski definition) is 5. The molecule has 0 aromatic rings. The predicted molar refractivity (Wildman–Crippen MR) is 62.7 cm³/mol. The van der Waals surface area contributed by atoms with Gasteiger partial charge >= 0.3 is 0 Å². The summed E-state index contributed by atoms with van der Waals surface area (Å²) >= 11 is 0. The van der Waals surface area contributed by atoms with Crippen molar-refractivity contribution >= 4 is 5.71 Å². The number of halogens is 1. The van der Waals surface area contributed by atoms with E-state index in [2.05, 4.69) is 5.32 Å². The van der Waals surface area contributed by atoms with Gasteiger partial charge < -0.3 is 20.9 Å². The molecule has 0 aromatic heterocycles. The normalized spacial score (nSPS) is 20.4. The summed E-state index contributed by atoms with van der Waals surface area (Å²) in [6, 6.07) is 0. The van der Waals surface area contributed by atoms with E-state index in [1.165, 1.54) is 6.92 Å². The standard InChI is InChI=1S/C11H18FN3O2/c1-7(13)9(11(17)15-12)10(16)14-8-5-3-2-4-6-8/h3,5-6,9-11,13-17H,2,4H2,1H3. The molecule has 5 nitrogen and oxygen atoms in total. The maximum Gasteiger partial charge on any atom is 0.144 e. The van der Waals surface area contributed by atoms with E-state index in [0.717, 1.165) is 18.4 Å².